The zero-order chi connectivity index (χ0) is 22.5. The van der Waals surface area contributed by atoms with Gasteiger partial charge in [-0.25, -0.2) is 17.8 Å². The molecule has 1 aliphatic heterocycles. The summed E-state index contributed by atoms with van der Waals surface area (Å²) < 4.78 is 56.0. The third-order valence-electron chi connectivity index (χ3n) is 5.33. The second kappa shape index (κ2) is 10.6. The normalized spacial score (nSPS) is 16.5. The molecule has 1 N–H and O–H groups in total. The Kier molecular flexibility index (Phi) is 8.12. The van der Waals surface area contributed by atoms with Gasteiger partial charge in [0.05, 0.1) is 17.7 Å². The Morgan fingerprint density at radius 1 is 1.23 bits per heavy atom. The van der Waals surface area contributed by atoms with Gasteiger partial charge in [0.15, 0.2) is 0 Å². The summed E-state index contributed by atoms with van der Waals surface area (Å²) in [5, 5.41) is -0.0252. The molecule has 0 bridgehead atoms. The Morgan fingerprint density at radius 2 is 1.94 bits per heavy atom. The molecule has 1 heterocycles. The lowest BCUT2D eigenvalue weighted by Gasteiger charge is -2.32. The first-order valence-corrected chi connectivity index (χ1v) is 11.2. The van der Waals surface area contributed by atoms with Crippen LogP contribution >= 0.6 is 11.6 Å². The fraction of sp³-hybridized carbons (Fsp3) is 0.381. The number of esters is 1. The van der Waals surface area contributed by atoms with Crippen LogP contribution < -0.4 is 0 Å². The zero-order valence-electron chi connectivity index (χ0n) is 16.9. The molecule has 0 aliphatic carbocycles. The van der Waals surface area contributed by atoms with Gasteiger partial charge < -0.3 is 4.74 Å². The van der Waals surface area contributed by atoms with Gasteiger partial charge in [-0.2, -0.15) is 4.31 Å². The van der Waals surface area contributed by atoms with Crippen molar-refractivity contribution in [3.05, 3.63) is 69.7 Å². The van der Waals surface area contributed by atoms with Gasteiger partial charge in [0.2, 0.25) is 11.3 Å². The van der Waals surface area contributed by atoms with Crippen LogP contribution in [0.1, 0.15) is 40.4 Å². The van der Waals surface area contributed by atoms with Crippen molar-refractivity contribution in [2.24, 2.45) is 0 Å². The van der Waals surface area contributed by atoms with E-state index in [9.17, 15) is 22.3 Å². The summed E-state index contributed by atoms with van der Waals surface area (Å²) in [6.07, 6.45) is 1.97. The molecular formula is C21H23ClF2N2O4S. The first-order valence-electron chi connectivity index (χ1n) is 9.71. The van der Waals surface area contributed by atoms with Crippen LogP contribution in [0.25, 0.3) is 0 Å². The number of rotatable bonds is 8. The minimum Gasteiger partial charge on any atom is -0.465 e. The molecule has 2 atom stereocenters. The number of nitrogens with zero attached hydrogens (tertiary/aromatic N) is 2. The van der Waals surface area contributed by atoms with Crippen LogP contribution in [-0.4, -0.2) is 50.7 Å². The molecule has 2 aromatic rings. The van der Waals surface area contributed by atoms with Gasteiger partial charge in [0.25, 0.3) is 0 Å². The van der Waals surface area contributed by atoms with Gasteiger partial charge in [-0.15, -0.1) is 0 Å². The number of carbonyl (C=O) groups is 1. The highest BCUT2D eigenvalue weighted by molar-refractivity contribution is 7.76. The standard InChI is InChI=1S/C21H23ClF2N2O4S/c1-30-21(27)15-4-5-16(19(24)11-15)12-26(31(28)29)13-20(25-8-2-3-9-25)14-6-7-18(23)17(22)10-14/h4-7,10-11,20H,2-3,8-9,12-13H2,1H3,(H,28,29). The second-order valence-electron chi connectivity index (χ2n) is 7.28. The van der Waals surface area contributed by atoms with E-state index in [1.54, 1.807) is 6.07 Å². The summed E-state index contributed by atoms with van der Waals surface area (Å²) >= 11 is 3.57. The van der Waals surface area contributed by atoms with E-state index >= 15 is 0 Å². The predicted molar refractivity (Wildman–Crippen MR) is 114 cm³/mol. The smallest absolute Gasteiger partial charge is 0.337 e. The molecule has 6 nitrogen and oxygen atoms in total. The fourth-order valence-electron chi connectivity index (χ4n) is 3.69. The minimum absolute atomic E-state index is 0.0252. The lowest BCUT2D eigenvalue weighted by atomic mass is 10.0. The molecule has 0 radical (unpaired) electrons. The van der Waals surface area contributed by atoms with E-state index in [0.717, 1.165) is 32.0 Å². The second-order valence-corrected chi connectivity index (χ2v) is 8.67. The molecule has 3 rings (SSSR count). The number of hydrogen-bond acceptors (Lipinski definition) is 4. The molecule has 1 fully saturated rings. The summed E-state index contributed by atoms with van der Waals surface area (Å²) in [5.74, 6) is -1.89. The topological polar surface area (TPSA) is 70.1 Å². The lowest BCUT2D eigenvalue weighted by molar-refractivity contribution is 0.0600. The highest BCUT2D eigenvalue weighted by atomic mass is 35.5. The molecule has 0 saturated carbocycles. The van der Waals surface area contributed by atoms with E-state index in [2.05, 4.69) is 9.64 Å². The van der Waals surface area contributed by atoms with E-state index < -0.39 is 28.9 Å². The minimum atomic E-state index is -2.39. The van der Waals surface area contributed by atoms with Crippen molar-refractivity contribution >= 4 is 28.8 Å². The van der Waals surface area contributed by atoms with E-state index in [4.69, 9.17) is 11.6 Å². The first kappa shape index (κ1) is 23.7. The molecule has 1 saturated heterocycles. The third-order valence-corrected chi connectivity index (χ3v) is 6.34. The maximum Gasteiger partial charge on any atom is 0.337 e. The Labute approximate surface area is 187 Å². The molecule has 0 spiro atoms. The number of methoxy groups -OCH3 is 1. The van der Waals surface area contributed by atoms with E-state index in [0.29, 0.717) is 5.56 Å². The molecule has 0 amide bonds. The lowest BCUT2D eigenvalue weighted by Crippen LogP contribution is -2.37. The van der Waals surface area contributed by atoms with Crippen molar-refractivity contribution in [1.29, 1.82) is 0 Å². The van der Waals surface area contributed by atoms with Gasteiger partial charge in [-0.3, -0.25) is 9.45 Å². The molecule has 0 aromatic heterocycles. The van der Waals surface area contributed by atoms with Crippen LogP contribution in [0.3, 0.4) is 0 Å². The van der Waals surface area contributed by atoms with Crippen molar-refractivity contribution in [1.82, 2.24) is 9.21 Å². The average Bonchev–Trinajstić information content (AvgIpc) is 3.28. The number of halogens is 3. The molecule has 168 valence electrons. The monoisotopic (exact) mass is 472 g/mol. The SMILES string of the molecule is COC(=O)c1ccc(CN(CC(c2ccc(F)c(Cl)c2)N2CCCC2)S(=O)O)c(F)c1. The first-order chi connectivity index (χ1) is 14.8. The number of likely N-dealkylation sites (tertiary alicyclic amines) is 1. The van der Waals surface area contributed by atoms with Gasteiger partial charge in [-0.05, 0) is 55.8 Å². The van der Waals surface area contributed by atoms with Gasteiger partial charge in [0.1, 0.15) is 11.6 Å². The van der Waals surface area contributed by atoms with Crippen LogP contribution in [0.2, 0.25) is 5.02 Å². The fourth-order valence-corrected chi connectivity index (χ4v) is 4.40. The van der Waals surface area contributed by atoms with E-state index in [1.165, 1.54) is 35.7 Å². The summed E-state index contributed by atoms with van der Waals surface area (Å²) in [4.78, 5) is 13.7. The van der Waals surface area contributed by atoms with E-state index in [-0.39, 0.29) is 35.3 Å². The average molecular weight is 473 g/mol. The summed E-state index contributed by atoms with van der Waals surface area (Å²) in [7, 11) is 1.20. The predicted octanol–water partition coefficient (Wildman–Crippen LogP) is 4.18. The van der Waals surface area contributed by atoms with Crippen molar-refractivity contribution in [2.75, 3.05) is 26.7 Å². The summed E-state index contributed by atoms with van der Waals surface area (Å²) in [6, 6.07) is 7.90. The van der Waals surface area contributed by atoms with Crippen molar-refractivity contribution < 1.29 is 27.1 Å². The Morgan fingerprint density at radius 3 is 2.52 bits per heavy atom. The van der Waals surface area contributed by atoms with Crippen LogP contribution in [0.15, 0.2) is 36.4 Å². The summed E-state index contributed by atoms with van der Waals surface area (Å²) in [5.41, 5.74) is 0.925. The maximum atomic E-state index is 14.5. The van der Waals surface area contributed by atoms with Crippen LogP contribution in [0.4, 0.5) is 8.78 Å². The number of hydrogen-bond donors (Lipinski definition) is 1. The number of ether oxygens (including phenoxy) is 1. The Bertz CT molecular complexity index is 972. The molecule has 10 heteroatoms. The quantitative estimate of drug-likeness (QED) is 0.461. The van der Waals surface area contributed by atoms with Crippen LogP contribution in [-0.2, 0) is 22.5 Å². The van der Waals surface area contributed by atoms with Crippen molar-refractivity contribution in [2.45, 2.75) is 25.4 Å². The summed E-state index contributed by atoms with van der Waals surface area (Å²) in [6.45, 7) is 1.51. The van der Waals surface area contributed by atoms with Crippen LogP contribution in [0, 0.1) is 11.6 Å². The number of carbonyl (C=O) groups excluding carboxylic acids is 1. The van der Waals surface area contributed by atoms with Gasteiger partial charge >= 0.3 is 5.97 Å². The zero-order valence-corrected chi connectivity index (χ0v) is 18.5. The molecule has 2 unspecified atom stereocenters. The molecule has 2 aromatic carbocycles. The number of benzene rings is 2. The Balaban J connectivity index is 1.86. The Hall–Kier alpha value is -1.91. The third kappa shape index (κ3) is 5.87. The van der Waals surface area contributed by atoms with Crippen molar-refractivity contribution in [3.8, 4) is 0 Å². The van der Waals surface area contributed by atoms with Gasteiger partial charge in [-0.1, -0.05) is 23.7 Å². The van der Waals surface area contributed by atoms with E-state index in [1.807, 2.05) is 0 Å². The van der Waals surface area contributed by atoms with Crippen LogP contribution in [0.5, 0.6) is 0 Å². The molecule has 31 heavy (non-hydrogen) atoms. The van der Waals surface area contributed by atoms with Gasteiger partial charge in [0, 0.05) is 24.7 Å². The highest BCUT2D eigenvalue weighted by Crippen LogP contribution is 2.30. The molecular weight excluding hydrogens is 450 g/mol. The molecule has 1 aliphatic rings. The highest BCUT2D eigenvalue weighted by Gasteiger charge is 2.28. The maximum absolute atomic E-state index is 14.5. The largest absolute Gasteiger partial charge is 0.465 e. The van der Waals surface area contributed by atoms with Crippen molar-refractivity contribution in [3.63, 3.8) is 0 Å².